The third-order valence-corrected chi connectivity index (χ3v) is 5.23. The number of rotatable bonds is 6. The van der Waals surface area contributed by atoms with Crippen LogP contribution in [0.5, 0.6) is 17.2 Å². The molecule has 3 rings (SSSR count). The first kappa shape index (κ1) is 18.4. The number of hydrogen-bond donors (Lipinski definition) is 1. The van der Waals surface area contributed by atoms with Gasteiger partial charge in [-0.2, -0.15) is 0 Å². The molecule has 1 saturated carbocycles. The number of ether oxygens (including phenoxy) is 3. The fourth-order valence-corrected chi connectivity index (χ4v) is 3.87. The van der Waals surface area contributed by atoms with E-state index in [2.05, 4.69) is 5.32 Å². The molecule has 1 aliphatic heterocycles. The van der Waals surface area contributed by atoms with Crippen LogP contribution in [0.4, 0.5) is 5.69 Å². The van der Waals surface area contributed by atoms with Gasteiger partial charge in [0.05, 0.1) is 27.2 Å². The van der Waals surface area contributed by atoms with Crippen molar-refractivity contribution in [3.8, 4) is 17.2 Å². The molecule has 0 bridgehead atoms. The van der Waals surface area contributed by atoms with Crippen LogP contribution >= 0.6 is 0 Å². The summed E-state index contributed by atoms with van der Waals surface area (Å²) in [5, 5.41) is 2.88. The minimum absolute atomic E-state index is 0.0851. The molecular weight excluding hydrogens is 336 g/mol. The van der Waals surface area contributed by atoms with Crippen molar-refractivity contribution in [2.75, 3.05) is 33.2 Å². The van der Waals surface area contributed by atoms with Gasteiger partial charge in [0.25, 0.3) is 0 Å². The summed E-state index contributed by atoms with van der Waals surface area (Å²) in [6.07, 6.45) is 4.69. The maximum absolute atomic E-state index is 12.7. The number of anilines is 1. The topological polar surface area (TPSA) is 77.1 Å². The van der Waals surface area contributed by atoms with E-state index in [-0.39, 0.29) is 24.2 Å². The summed E-state index contributed by atoms with van der Waals surface area (Å²) in [6, 6.07) is 3.68. The van der Waals surface area contributed by atoms with E-state index >= 15 is 0 Å². The van der Waals surface area contributed by atoms with Gasteiger partial charge in [-0.05, 0) is 12.8 Å². The van der Waals surface area contributed by atoms with Gasteiger partial charge in [0, 0.05) is 36.8 Å². The van der Waals surface area contributed by atoms with E-state index in [1.54, 1.807) is 12.1 Å². The molecule has 1 saturated heterocycles. The third-order valence-electron chi connectivity index (χ3n) is 5.23. The van der Waals surface area contributed by atoms with Crippen LogP contribution in [-0.4, -0.2) is 50.6 Å². The van der Waals surface area contributed by atoms with Crippen molar-refractivity contribution in [1.82, 2.24) is 4.90 Å². The SMILES string of the molecule is COc1cc(NC(=O)[C@H]2CC(=O)N(C3CCCC3)C2)cc(OC)c1OC. The second kappa shape index (κ2) is 7.85. The molecule has 1 heterocycles. The van der Waals surface area contributed by atoms with Crippen LogP contribution < -0.4 is 19.5 Å². The van der Waals surface area contributed by atoms with Crippen LogP contribution in [0.1, 0.15) is 32.1 Å². The first-order valence-electron chi connectivity index (χ1n) is 8.97. The Morgan fingerprint density at radius 2 is 1.69 bits per heavy atom. The molecule has 7 heteroatoms. The zero-order chi connectivity index (χ0) is 18.7. The molecule has 2 amide bonds. The first-order chi connectivity index (χ1) is 12.6. The van der Waals surface area contributed by atoms with Crippen LogP contribution in [0, 0.1) is 5.92 Å². The highest BCUT2D eigenvalue weighted by Crippen LogP contribution is 2.40. The summed E-state index contributed by atoms with van der Waals surface area (Å²) in [5.74, 6) is 1.00. The van der Waals surface area contributed by atoms with Gasteiger partial charge >= 0.3 is 0 Å². The Hall–Kier alpha value is -2.44. The Morgan fingerprint density at radius 3 is 2.23 bits per heavy atom. The number of carbonyl (C=O) groups is 2. The Morgan fingerprint density at radius 1 is 1.08 bits per heavy atom. The maximum Gasteiger partial charge on any atom is 0.229 e. The van der Waals surface area contributed by atoms with Gasteiger partial charge in [-0.25, -0.2) is 0 Å². The smallest absolute Gasteiger partial charge is 0.229 e. The lowest BCUT2D eigenvalue weighted by atomic mass is 10.1. The van der Waals surface area contributed by atoms with Crippen LogP contribution in [0.25, 0.3) is 0 Å². The number of likely N-dealkylation sites (tertiary alicyclic amines) is 1. The van der Waals surface area contributed by atoms with E-state index in [0.717, 1.165) is 25.7 Å². The highest BCUT2D eigenvalue weighted by Gasteiger charge is 2.38. The van der Waals surface area contributed by atoms with Crippen LogP contribution in [0.3, 0.4) is 0 Å². The van der Waals surface area contributed by atoms with Gasteiger partial charge in [0.15, 0.2) is 11.5 Å². The van der Waals surface area contributed by atoms with E-state index in [0.29, 0.717) is 35.5 Å². The molecule has 1 atom stereocenters. The lowest BCUT2D eigenvalue weighted by molar-refractivity contribution is -0.129. The van der Waals surface area contributed by atoms with Crippen molar-refractivity contribution in [2.24, 2.45) is 5.92 Å². The molecule has 2 aliphatic rings. The Bertz CT molecular complexity index is 660. The number of carbonyl (C=O) groups excluding carboxylic acids is 2. The maximum atomic E-state index is 12.7. The largest absolute Gasteiger partial charge is 0.493 e. The molecule has 26 heavy (non-hydrogen) atoms. The van der Waals surface area contributed by atoms with E-state index < -0.39 is 0 Å². The molecule has 142 valence electrons. The fraction of sp³-hybridized carbons (Fsp3) is 0.579. The molecule has 0 radical (unpaired) electrons. The summed E-state index contributed by atoms with van der Waals surface area (Å²) in [5.41, 5.74) is 0.552. The summed E-state index contributed by atoms with van der Waals surface area (Å²) in [4.78, 5) is 26.9. The van der Waals surface area contributed by atoms with Crippen LogP contribution in [0.15, 0.2) is 12.1 Å². The predicted molar refractivity (Wildman–Crippen MR) is 96.8 cm³/mol. The van der Waals surface area contributed by atoms with Gasteiger partial charge in [-0.1, -0.05) is 12.8 Å². The van der Waals surface area contributed by atoms with E-state index in [1.807, 2.05) is 4.90 Å². The number of hydrogen-bond acceptors (Lipinski definition) is 5. The van der Waals surface area contributed by atoms with E-state index in [4.69, 9.17) is 14.2 Å². The lowest BCUT2D eigenvalue weighted by Gasteiger charge is -2.24. The highest BCUT2D eigenvalue weighted by molar-refractivity contribution is 5.97. The number of benzene rings is 1. The minimum atomic E-state index is -0.331. The first-order valence-corrected chi connectivity index (χ1v) is 8.97. The van der Waals surface area contributed by atoms with Crippen molar-refractivity contribution in [3.05, 3.63) is 12.1 Å². The molecular formula is C19H26N2O5. The number of amides is 2. The normalized spacial score (nSPS) is 20.3. The number of nitrogens with one attached hydrogen (secondary N) is 1. The summed E-state index contributed by atoms with van der Waals surface area (Å²) in [7, 11) is 4.58. The zero-order valence-electron chi connectivity index (χ0n) is 15.5. The van der Waals surface area contributed by atoms with E-state index in [1.165, 1.54) is 21.3 Å². The zero-order valence-corrected chi connectivity index (χ0v) is 15.5. The second-order valence-electron chi connectivity index (χ2n) is 6.79. The van der Waals surface area contributed by atoms with Crippen molar-refractivity contribution in [3.63, 3.8) is 0 Å². The number of methoxy groups -OCH3 is 3. The predicted octanol–water partition coefficient (Wildman–Crippen LogP) is 2.44. The average molecular weight is 362 g/mol. The fourth-order valence-electron chi connectivity index (χ4n) is 3.87. The van der Waals surface area contributed by atoms with Crippen LogP contribution in [-0.2, 0) is 9.59 Å². The second-order valence-corrected chi connectivity index (χ2v) is 6.79. The third kappa shape index (κ3) is 3.57. The molecule has 0 aromatic heterocycles. The van der Waals surface area contributed by atoms with Crippen molar-refractivity contribution in [1.29, 1.82) is 0 Å². The molecule has 1 aliphatic carbocycles. The van der Waals surface area contributed by atoms with Crippen LogP contribution in [0.2, 0.25) is 0 Å². The molecule has 1 N–H and O–H groups in total. The van der Waals surface area contributed by atoms with Crippen molar-refractivity contribution < 1.29 is 23.8 Å². The Labute approximate surface area is 153 Å². The summed E-state index contributed by atoms with van der Waals surface area (Å²) in [6.45, 7) is 0.500. The summed E-state index contributed by atoms with van der Waals surface area (Å²) < 4.78 is 15.9. The van der Waals surface area contributed by atoms with Gasteiger partial charge in [0.2, 0.25) is 17.6 Å². The Balaban J connectivity index is 1.71. The van der Waals surface area contributed by atoms with Gasteiger partial charge in [-0.3, -0.25) is 9.59 Å². The molecule has 1 aromatic rings. The lowest BCUT2D eigenvalue weighted by Crippen LogP contribution is -2.35. The van der Waals surface area contributed by atoms with Crippen molar-refractivity contribution in [2.45, 2.75) is 38.1 Å². The van der Waals surface area contributed by atoms with Gasteiger partial charge < -0.3 is 24.4 Å². The highest BCUT2D eigenvalue weighted by atomic mass is 16.5. The van der Waals surface area contributed by atoms with E-state index in [9.17, 15) is 9.59 Å². The molecule has 1 aromatic carbocycles. The summed E-state index contributed by atoms with van der Waals surface area (Å²) >= 11 is 0. The molecule has 2 fully saturated rings. The molecule has 7 nitrogen and oxygen atoms in total. The van der Waals surface area contributed by atoms with Crippen molar-refractivity contribution >= 4 is 17.5 Å². The van der Waals surface area contributed by atoms with Gasteiger partial charge in [-0.15, -0.1) is 0 Å². The average Bonchev–Trinajstić information content (AvgIpc) is 3.30. The minimum Gasteiger partial charge on any atom is -0.493 e. The Kier molecular flexibility index (Phi) is 5.54. The molecule has 0 unspecified atom stereocenters. The monoisotopic (exact) mass is 362 g/mol. The quantitative estimate of drug-likeness (QED) is 0.841. The molecule has 0 spiro atoms. The van der Waals surface area contributed by atoms with Gasteiger partial charge in [0.1, 0.15) is 0 Å². The standard InChI is InChI=1S/C19H26N2O5/c1-24-15-9-13(10-16(25-2)18(15)26-3)20-19(23)12-8-17(22)21(11-12)14-6-4-5-7-14/h9-10,12,14H,4-8,11H2,1-3H3,(H,20,23)/t12-/m0/s1. The number of nitrogens with zero attached hydrogens (tertiary/aromatic N) is 1.